The summed E-state index contributed by atoms with van der Waals surface area (Å²) in [6, 6.07) is 15.4. The van der Waals surface area contributed by atoms with Crippen LogP contribution in [0.2, 0.25) is 5.02 Å². The van der Waals surface area contributed by atoms with Crippen LogP contribution < -0.4 is 16.0 Å². The molecule has 0 radical (unpaired) electrons. The summed E-state index contributed by atoms with van der Waals surface area (Å²) in [6.07, 6.45) is 0. The maximum Gasteiger partial charge on any atom is 0.333 e. The van der Waals surface area contributed by atoms with Crippen LogP contribution in [0.3, 0.4) is 0 Å². The van der Waals surface area contributed by atoms with Gasteiger partial charge in [0.2, 0.25) is 0 Å². The molecule has 0 aliphatic carbocycles. The lowest BCUT2D eigenvalue weighted by Crippen LogP contribution is -2.37. The molecule has 0 aliphatic rings. The average molecular weight is 527 g/mol. The number of aromatic nitrogens is 3. The van der Waals surface area contributed by atoms with Gasteiger partial charge in [0, 0.05) is 17.5 Å². The number of nitrogens with zero attached hydrogens (tertiary/aromatic N) is 2. The number of carbonyl (C=O) groups excluding carboxylic acids is 1. The van der Waals surface area contributed by atoms with Crippen LogP contribution in [-0.4, -0.2) is 28.4 Å². The van der Waals surface area contributed by atoms with E-state index in [4.69, 9.17) is 11.6 Å². The van der Waals surface area contributed by atoms with Gasteiger partial charge in [0.25, 0.3) is 21.5 Å². The number of aromatic amines is 1. The Bertz CT molecular complexity index is 1940. The van der Waals surface area contributed by atoms with Gasteiger partial charge < -0.3 is 9.55 Å². The Morgan fingerprint density at radius 2 is 1.69 bits per heavy atom. The van der Waals surface area contributed by atoms with Gasteiger partial charge in [-0.15, -0.1) is 0 Å². The zero-order valence-corrected chi connectivity index (χ0v) is 20.0. The molecule has 5 aromatic rings. The molecule has 2 heterocycles. The number of hydrogen-bond acceptors (Lipinski definition) is 5. The minimum absolute atomic E-state index is 0.168. The van der Waals surface area contributed by atoms with Gasteiger partial charge in [0.15, 0.2) is 0 Å². The van der Waals surface area contributed by atoms with Crippen LogP contribution in [0.15, 0.2) is 81.2 Å². The van der Waals surface area contributed by atoms with E-state index in [1.807, 2.05) is 4.72 Å². The molecule has 1 amide bonds. The molecule has 12 heteroatoms. The summed E-state index contributed by atoms with van der Waals surface area (Å²) in [6.45, 7) is 0. The van der Waals surface area contributed by atoms with Crippen molar-refractivity contribution in [2.75, 3.05) is 0 Å². The Kier molecular flexibility index (Phi) is 5.53. The van der Waals surface area contributed by atoms with Gasteiger partial charge >= 0.3 is 5.69 Å². The summed E-state index contributed by atoms with van der Waals surface area (Å²) in [4.78, 5) is 41.8. The molecule has 2 aromatic heterocycles. The van der Waals surface area contributed by atoms with Crippen molar-refractivity contribution in [3.8, 4) is 5.69 Å². The summed E-state index contributed by atoms with van der Waals surface area (Å²) in [5.74, 6) is -2.23. The largest absolute Gasteiger partial charge is 0.338 e. The molecular formula is C24H16ClFN4O5S. The Morgan fingerprint density at radius 3 is 2.44 bits per heavy atom. The maximum atomic E-state index is 14.2. The van der Waals surface area contributed by atoms with Gasteiger partial charge in [0.1, 0.15) is 16.4 Å². The summed E-state index contributed by atoms with van der Waals surface area (Å²) >= 11 is 6.18. The second-order valence-corrected chi connectivity index (χ2v) is 9.99. The van der Waals surface area contributed by atoms with Crippen LogP contribution >= 0.6 is 11.6 Å². The second kappa shape index (κ2) is 8.47. The Morgan fingerprint density at radius 1 is 1.00 bits per heavy atom. The molecule has 0 atom stereocenters. The highest BCUT2D eigenvalue weighted by Gasteiger charge is 2.29. The summed E-state index contributed by atoms with van der Waals surface area (Å²) in [5.41, 5.74) is -1.40. The van der Waals surface area contributed by atoms with E-state index in [0.29, 0.717) is 5.52 Å². The smallest absolute Gasteiger partial charge is 0.333 e. The van der Waals surface area contributed by atoms with Crippen LogP contribution in [-0.2, 0) is 17.1 Å². The third-order valence-corrected chi connectivity index (χ3v) is 7.33. The monoisotopic (exact) mass is 526 g/mol. The van der Waals surface area contributed by atoms with Gasteiger partial charge in [-0.1, -0.05) is 35.9 Å². The molecule has 0 spiro atoms. The number of halogens is 2. The molecule has 0 aliphatic heterocycles. The van der Waals surface area contributed by atoms with Crippen LogP contribution in [0.5, 0.6) is 0 Å². The number of fused-ring (bicyclic) bond motifs is 2. The van der Waals surface area contributed by atoms with Gasteiger partial charge in [-0.3, -0.25) is 9.59 Å². The van der Waals surface area contributed by atoms with E-state index in [1.165, 1.54) is 35.9 Å². The first-order chi connectivity index (χ1) is 17.1. The van der Waals surface area contributed by atoms with E-state index in [2.05, 4.69) is 4.98 Å². The van der Waals surface area contributed by atoms with Crippen LogP contribution in [0.25, 0.3) is 27.5 Å². The lowest BCUT2D eigenvalue weighted by Gasteiger charge is -2.12. The number of rotatable bonds is 4. The summed E-state index contributed by atoms with van der Waals surface area (Å²) in [7, 11) is -3.18. The summed E-state index contributed by atoms with van der Waals surface area (Å²) in [5, 5.41) is 0.674. The highest BCUT2D eigenvalue weighted by molar-refractivity contribution is 7.90. The van der Waals surface area contributed by atoms with E-state index in [0.717, 1.165) is 16.7 Å². The molecule has 182 valence electrons. The lowest BCUT2D eigenvalue weighted by atomic mass is 10.2. The molecule has 0 fully saturated rings. The number of nitrogens with one attached hydrogen (secondary N) is 2. The predicted molar refractivity (Wildman–Crippen MR) is 133 cm³/mol. The second-order valence-electron chi connectivity index (χ2n) is 7.90. The van der Waals surface area contributed by atoms with E-state index in [1.54, 1.807) is 30.3 Å². The van der Waals surface area contributed by atoms with Gasteiger partial charge in [0.05, 0.1) is 22.1 Å². The first kappa shape index (κ1) is 23.5. The first-order valence-electron chi connectivity index (χ1n) is 10.4. The highest BCUT2D eigenvalue weighted by atomic mass is 35.5. The molecular weight excluding hydrogens is 511 g/mol. The van der Waals surface area contributed by atoms with Crippen LogP contribution in [0.1, 0.15) is 10.5 Å². The zero-order chi connectivity index (χ0) is 25.8. The van der Waals surface area contributed by atoms with Crippen molar-refractivity contribution >= 4 is 49.3 Å². The van der Waals surface area contributed by atoms with Crippen molar-refractivity contribution in [3.63, 3.8) is 0 Å². The van der Waals surface area contributed by atoms with Crippen molar-refractivity contribution in [1.82, 2.24) is 18.8 Å². The summed E-state index contributed by atoms with van der Waals surface area (Å²) < 4.78 is 43.8. The van der Waals surface area contributed by atoms with E-state index < -0.39 is 37.9 Å². The van der Waals surface area contributed by atoms with Crippen molar-refractivity contribution < 1.29 is 17.6 Å². The number of para-hydroxylation sites is 1. The topological polar surface area (TPSA) is 123 Å². The molecule has 9 nitrogen and oxygen atoms in total. The lowest BCUT2D eigenvalue weighted by molar-refractivity contribution is 0.0974. The SMILES string of the molecule is Cn1c(C(=O)NS(=O)(=O)c2ccccc2F)c(-n2c(=O)[nH]c3ccccc3c2=O)c2cc(Cl)ccc21. The predicted octanol–water partition coefficient (Wildman–Crippen LogP) is 3.08. The molecule has 3 aromatic carbocycles. The number of carbonyl (C=O) groups is 1. The van der Waals surface area contributed by atoms with E-state index >= 15 is 0 Å². The number of H-pyrrole nitrogens is 1. The molecule has 36 heavy (non-hydrogen) atoms. The molecule has 0 saturated heterocycles. The number of hydrogen-bond donors (Lipinski definition) is 2. The maximum absolute atomic E-state index is 14.2. The Hall–Kier alpha value is -4.22. The van der Waals surface area contributed by atoms with Crippen molar-refractivity contribution in [2.45, 2.75) is 4.90 Å². The van der Waals surface area contributed by atoms with Gasteiger partial charge in [-0.2, -0.15) is 0 Å². The number of amides is 1. The standard InChI is InChI=1S/C24H16ClFN4O5S/c1-29-18-11-10-13(25)12-15(18)20(30-23(32)14-6-2-4-8-17(14)27-24(30)33)21(29)22(31)28-36(34,35)19-9-5-3-7-16(19)26/h2-12H,1H3,(H,27,33)(H,28,31). The molecule has 0 saturated carbocycles. The minimum atomic E-state index is -4.64. The molecule has 0 unspecified atom stereocenters. The average Bonchev–Trinajstić information content (AvgIpc) is 3.10. The first-order valence-corrected chi connectivity index (χ1v) is 12.3. The van der Waals surface area contributed by atoms with Gasteiger partial charge in [-0.05, 0) is 42.5 Å². The molecule has 2 N–H and O–H groups in total. The van der Waals surface area contributed by atoms with Crippen molar-refractivity contribution in [3.05, 3.63) is 104 Å². The molecule has 5 rings (SSSR count). The van der Waals surface area contributed by atoms with Crippen molar-refractivity contribution in [1.29, 1.82) is 0 Å². The highest BCUT2D eigenvalue weighted by Crippen LogP contribution is 2.30. The van der Waals surface area contributed by atoms with Crippen molar-refractivity contribution in [2.24, 2.45) is 7.05 Å². The fourth-order valence-electron chi connectivity index (χ4n) is 4.14. The fraction of sp³-hybridized carbons (Fsp3) is 0.0417. The third kappa shape index (κ3) is 3.69. The Balaban J connectivity index is 1.80. The zero-order valence-electron chi connectivity index (χ0n) is 18.5. The Labute approximate surface area is 207 Å². The fourth-order valence-corrected chi connectivity index (χ4v) is 5.34. The van der Waals surface area contributed by atoms with Gasteiger partial charge in [-0.25, -0.2) is 26.9 Å². The minimum Gasteiger partial charge on any atom is -0.338 e. The van der Waals surface area contributed by atoms with E-state index in [9.17, 15) is 27.2 Å². The van der Waals surface area contributed by atoms with Crippen LogP contribution in [0.4, 0.5) is 4.39 Å². The normalized spacial score (nSPS) is 11.8. The molecule has 0 bridgehead atoms. The number of benzene rings is 3. The quantitative estimate of drug-likeness (QED) is 0.372. The van der Waals surface area contributed by atoms with E-state index in [-0.39, 0.29) is 32.7 Å². The number of sulfonamides is 1. The number of aryl methyl sites for hydroxylation is 1. The van der Waals surface area contributed by atoms with Crippen LogP contribution in [0, 0.1) is 5.82 Å². The third-order valence-electron chi connectivity index (χ3n) is 5.73.